The fourth-order valence-corrected chi connectivity index (χ4v) is 4.22. The molecule has 0 radical (unpaired) electrons. The van der Waals surface area contributed by atoms with E-state index >= 15 is 0 Å². The van der Waals surface area contributed by atoms with Crippen LogP contribution in [0.2, 0.25) is 0 Å². The van der Waals surface area contributed by atoms with Crippen molar-refractivity contribution in [3.05, 3.63) is 21.7 Å². The Morgan fingerprint density at radius 1 is 1.58 bits per heavy atom. The van der Waals surface area contributed by atoms with Gasteiger partial charge in [0.1, 0.15) is 4.88 Å². The molecule has 0 saturated heterocycles. The lowest BCUT2D eigenvalue weighted by Crippen LogP contribution is -2.42. The average Bonchev–Trinajstić information content (AvgIpc) is 2.96. The highest BCUT2D eigenvalue weighted by Gasteiger charge is 2.37. The number of rotatable bonds is 2. The smallest absolute Gasteiger partial charge is 0.269 e. The van der Waals surface area contributed by atoms with Gasteiger partial charge in [-0.3, -0.25) is 0 Å². The Labute approximate surface area is 124 Å². The van der Waals surface area contributed by atoms with Crippen molar-refractivity contribution in [3.63, 3.8) is 0 Å². The zero-order valence-corrected chi connectivity index (χ0v) is 13.1. The Kier molecular flexibility index (Phi) is 3.49. The monoisotopic (exact) mass is 341 g/mol. The SMILES string of the molecule is CC1CCCC(N)(c2noc(-c3sccc3Br)n2)C1. The summed E-state index contributed by atoms with van der Waals surface area (Å²) in [5.74, 6) is 1.82. The van der Waals surface area contributed by atoms with Crippen molar-refractivity contribution in [2.24, 2.45) is 11.7 Å². The molecule has 2 aromatic heterocycles. The van der Waals surface area contributed by atoms with Gasteiger partial charge in [0.2, 0.25) is 0 Å². The molecule has 1 saturated carbocycles. The number of halogens is 1. The Morgan fingerprint density at radius 3 is 3.11 bits per heavy atom. The highest BCUT2D eigenvalue weighted by atomic mass is 79.9. The maximum atomic E-state index is 6.48. The summed E-state index contributed by atoms with van der Waals surface area (Å²) in [6.45, 7) is 2.23. The minimum absolute atomic E-state index is 0.427. The number of nitrogens with two attached hydrogens (primary N) is 1. The van der Waals surface area contributed by atoms with Crippen molar-refractivity contribution in [3.8, 4) is 10.8 Å². The Balaban J connectivity index is 1.91. The number of hydrogen-bond acceptors (Lipinski definition) is 5. The van der Waals surface area contributed by atoms with Crippen molar-refractivity contribution in [2.75, 3.05) is 0 Å². The van der Waals surface area contributed by atoms with Gasteiger partial charge in [0, 0.05) is 4.47 Å². The first-order valence-corrected chi connectivity index (χ1v) is 8.12. The topological polar surface area (TPSA) is 64.9 Å². The summed E-state index contributed by atoms with van der Waals surface area (Å²) < 4.78 is 6.37. The average molecular weight is 342 g/mol. The van der Waals surface area contributed by atoms with Gasteiger partial charge in [-0.2, -0.15) is 4.98 Å². The number of nitrogens with zero attached hydrogens (tertiary/aromatic N) is 2. The van der Waals surface area contributed by atoms with Crippen LogP contribution in [0.5, 0.6) is 0 Å². The maximum Gasteiger partial charge on any atom is 0.269 e. The van der Waals surface area contributed by atoms with Crippen molar-refractivity contribution in [1.29, 1.82) is 0 Å². The molecule has 0 spiro atoms. The van der Waals surface area contributed by atoms with Gasteiger partial charge in [-0.25, -0.2) is 0 Å². The normalized spacial score (nSPS) is 27.6. The number of aromatic nitrogens is 2. The summed E-state index contributed by atoms with van der Waals surface area (Å²) in [5, 5.41) is 6.11. The summed E-state index contributed by atoms with van der Waals surface area (Å²) in [4.78, 5) is 5.49. The van der Waals surface area contributed by atoms with Crippen molar-refractivity contribution < 1.29 is 4.52 Å². The molecular formula is C13H16BrN3OS. The lowest BCUT2D eigenvalue weighted by molar-refractivity contribution is 0.222. The largest absolute Gasteiger partial charge is 0.333 e. The van der Waals surface area contributed by atoms with Crippen molar-refractivity contribution >= 4 is 27.3 Å². The molecule has 0 aliphatic heterocycles. The van der Waals surface area contributed by atoms with E-state index in [0.29, 0.717) is 17.6 Å². The van der Waals surface area contributed by atoms with Crippen molar-refractivity contribution in [1.82, 2.24) is 10.1 Å². The second-order valence-corrected chi connectivity index (χ2v) is 7.15. The fourth-order valence-electron chi connectivity index (χ4n) is 2.76. The molecule has 3 rings (SSSR count). The van der Waals surface area contributed by atoms with Gasteiger partial charge in [0.15, 0.2) is 5.82 Å². The molecule has 0 amide bonds. The van der Waals surface area contributed by atoms with Crippen LogP contribution in [0, 0.1) is 5.92 Å². The van der Waals surface area contributed by atoms with Crippen LogP contribution < -0.4 is 5.73 Å². The lowest BCUT2D eigenvalue weighted by Gasteiger charge is -2.33. The van der Waals surface area contributed by atoms with E-state index in [4.69, 9.17) is 10.3 Å². The second kappa shape index (κ2) is 5.00. The third-order valence-electron chi connectivity index (χ3n) is 3.72. The van der Waals surface area contributed by atoms with Crippen LogP contribution in [0.15, 0.2) is 20.4 Å². The minimum atomic E-state index is -0.427. The quantitative estimate of drug-likeness (QED) is 0.898. The van der Waals surface area contributed by atoms with Gasteiger partial charge < -0.3 is 10.3 Å². The molecule has 2 N–H and O–H groups in total. The van der Waals surface area contributed by atoms with E-state index in [1.54, 1.807) is 11.3 Å². The molecular weight excluding hydrogens is 326 g/mol. The van der Waals surface area contributed by atoms with Crippen LogP contribution in [-0.4, -0.2) is 10.1 Å². The summed E-state index contributed by atoms with van der Waals surface area (Å²) in [7, 11) is 0. The molecule has 6 heteroatoms. The first-order chi connectivity index (χ1) is 9.08. The zero-order chi connectivity index (χ0) is 13.5. The molecule has 2 unspecified atom stereocenters. The molecule has 4 nitrogen and oxygen atoms in total. The van der Waals surface area contributed by atoms with Gasteiger partial charge in [-0.15, -0.1) is 11.3 Å². The Morgan fingerprint density at radius 2 is 2.42 bits per heavy atom. The van der Waals surface area contributed by atoms with Gasteiger partial charge in [-0.05, 0) is 46.1 Å². The fraction of sp³-hybridized carbons (Fsp3) is 0.538. The molecule has 2 heterocycles. The predicted molar refractivity (Wildman–Crippen MR) is 78.8 cm³/mol. The Bertz CT molecular complexity index is 582. The molecule has 0 bridgehead atoms. The molecule has 0 aromatic carbocycles. The summed E-state index contributed by atoms with van der Waals surface area (Å²) >= 11 is 5.06. The molecule has 1 fully saturated rings. The maximum absolute atomic E-state index is 6.48. The van der Waals surface area contributed by atoms with Crippen LogP contribution in [0.1, 0.15) is 38.4 Å². The third kappa shape index (κ3) is 2.49. The minimum Gasteiger partial charge on any atom is -0.333 e. The van der Waals surface area contributed by atoms with Crippen molar-refractivity contribution in [2.45, 2.75) is 38.1 Å². The van der Waals surface area contributed by atoms with E-state index in [9.17, 15) is 0 Å². The lowest BCUT2D eigenvalue weighted by atomic mass is 9.76. The standard InChI is InChI=1S/C13H16BrN3OS/c1-8-3-2-5-13(15,7-8)12-16-11(18-17-12)10-9(14)4-6-19-10/h4,6,8H,2-3,5,7,15H2,1H3. The molecule has 102 valence electrons. The van der Waals surface area contributed by atoms with E-state index in [0.717, 1.165) is 28.6 Å². The van der Waals surface area contributed by atoms with Crippen LogP contribution >= 0.6 is 27.3 Å². The van der Waals surface area contributed by atoms with Gasteiger partial charge in [0.25, 0.3) is 5.89 Å². The van der Waals surface area contributed by atoms with E-state index in [1.807, 2.05) is 11.4 Å². The molecule has 1 aliphatic rings. The van der Waals surface area contributed by atoms with Gasteiger partial charge in [0.05, 0.1) is 5.54 Å². The predicted octanol–water partition coefficient (Wildman–Crippen LogP) is 3.92. The summed E-state index contributed by atoms with van der Waals surface area (Å²) in [6, 6.07) is 1.98. The van der Waals surface area contributed by atoms with Crippen LogP contribution in [0.25, 0.3) is 10.8 Å². The van der Waals surface area contributed by atoms with Gasteiger partial charge in [-0.1, -0.05) is 24.9 Å². The summed E-state index contributed by atoms with van der Waals surface area (Å²) in [6.07, 6.45) is 4.23. The summed E-state index contributed by atoms with van der Waals surface area (Å²) in [5.41, 5.74) is 6.05. The first-order valence-electron chi connectivity index (χ1n) is 6.45. The van der Waals surface area contributed by atoms with E-state index in [-0.39, 0.29) is 0 Å². The molecule has 2 atom stereocenters. The highest BCUT2D eigenvalue weighted by Crippen LogP contribution is 2.38. The van der Waals surface area contributed by atoms with Gasteiger partial charge >= 0.3 is 0 Å². The van der Waals surface area contributed by atoms with E-state index in [2.05, 4.69) is 33.0 Å². The van der Waals surface area contributed by atoms with Crippen LogP contribution in [0.3, 0.4) is 0 Å². The number of thiophene rings is 1. The highest BCUT2D eigenvalue weighted by molar-refractivity contribution is 9.10. The molecule has 1 aliphatic carbocycles. The first kappa shape index (κ1) is 13.3. The second-order valence-electron chi connectivity index (χ2n) is 5.38. The van der Waals surface area contributed by atoms with Crippen LogP contribution in [0.4, 0.5) is 0 Å². The molecule has 19 heavy (non-hydrogen) atoms. The molecule has 2 aromatic rings. The Hall–Kier alpha value is -0.720. The third-order valence-corrected chi connectivity index (χ3v) is 5.54. The van der Waals surface area contributed by atoms with E-state index < -0.39 is 5.54 Å². The van der Waals surface area contributed by atoms with E-state index in [1.165, 1.54) is 6.42 Å². The zero-order valence-electron chi connectivity index (χ0n) is 10.7. The number of hydrogen-bond donors (Lipinski definition) is 1. The van der Waals surface area contributed by atoms with Crippen LogP contribution in [-0.2, 0) is 5.54 Å².